The fraction of sp³-hybridized carbons (Fsp3) is 0.231. The Bertz CT molecular complexity index is 1200. The molecule has 4 aromatic rings. The summed E-state index contributed by atoms with van der Waals surface area (Å²) in [5.74, 6) is 0.681. The van der Waals surface area contributed by atoms with E-state index in [2.05, 4.69) is 26.0 Å². The van der Waals surface area contributed by atoms with Crippen LogP contribution in [0.5, 0.6) is 5.75 Å². The second-order valence-electron chi connectivity index (χ2n) is 7.99. The molecule has 4 rings (SSSR count). The number of ether oxygens (including phenoxy) is 1. The van der Waals surface area contributed by atoms with E-state index in [-0.39, 0.29) is 12.0 Å². The quantitative estimate of drug-likeness (QED) is 0.348. The summed E-state index contributed by atoms with van der Waals surface area (Å²) in [6, 6.07) is 21.6. The van der Waals surface area contributed by atoms with E-state index in [1.54, 1.807) is 16.2 Å². The first-order valence-corrected chi connectivity index (χ1v) is 11.2. The van der Waals surface area contributed by atoms with E-state index in [0.717, 1.165) is 27.1 Å². The molecule has 0 saturated carbocycles. The molecule has 0 saturated heterocycles. The summed E-state index contributed by atoms with van der Waals surface area (Å²) >= 11 is 1.56. The van der Waals surface area contributed by atoms with Gasteiger partial charge in [-0.1, -0.05) is 47.7 Å². The fourth-order valence-electron chi connectivity index (χ4n) is 3.57. The van der Waals surface area contributed by atoms with E-state index in [9.17, 15) is 4.79 Å². The van der Waals surface area contributed by atoms with Crippen molar-refractivity contribution in [3.05, 3.63) is 89.0 Å². The smallest absolute Gasteiger partial charge is 0.260 e. The van der Waals surface area contributed by atoms with Crippen molar-refractivity contribution in [2.45, 2.75) is 40.3 Å². The van der Waals surface area contributed by atoms with Gasteiger partial charge in [0.2, 0.25) is 0 Å². The lowest BCUT2D eigenvalue weighted by Gasteiger charge is -2.20. The van der Waals surface area contributed by atoms with Crippen LogP contribution in [0.1, 0.15) is 40.9 Å². The summed E-state index contributed by atoms with van der Waals surface area (Å²) in [5.41, 5.74) is 4.95. The lowest BCUT2D eigenvalue weighted by molar-refractivity contribution is 0.0985. The Morgan fingerprint density at radius 2 is 1.74 bits per heavy atom. The van der Waals surface area contributed by atoms with Gasteiger partial charge >= 0.3 is 0 Å². The van der Waals surface area contributed by atoms with Gasteiger partial charge in [0.25, 0.3) is 5.91 Å². The zero-order chi connectivity index (χ0) is 22.0. The maximum Gasteiger partial charge on any atom is 0.260 e. The Morgan fingerprint density at radius 1 is 1.03 bits per heavy atom. The molecular weight excluding hydrogens is 404 g/mol. The highest BCUT2D eigenvalue weighted by Gasteiger charge is 2.22. The lowest BCUT2D eigenvalue weighted by atomic mass is 10.1. The maximum atomic E-state index is 13.6. The molecule has 0 aliphatic rings. The van der Waals surface area contributed by atoms with Crippen LogP contribution in [0.2, 0.25) is 0 Å². The molecule has 0 aliphatic heterocycles. The van der Waals surface area contributed by atoms with Gasteiger partial charge in [0.1, 0.15) is 5.75 Å². The molecule has 1 aromatic heterocycles. The molecule has 5 heteroatoms. The van der Waals surface area contributed by atoms with Crippen molar-refractivity contribution in [1.82, 2.24) is 4.98 Å². The number of thiazole rings is 1. The first-order chi connectivity index (χ1) is 14.9. The van der Waals surface area contributed by atoms with Gasteiger partial charge in [0.15, 0.2) is 5.13 Å². The number of carbonyl (C=O) groups excluding carboxylic acids is 1. The molecule has 0 aliphatic carbocycles. The topological polar surface area (TPSA) is 42.4 Å². The van der Waals surface area contributed by atoms with Crippen molar-refractivity contribution in [3.8, 4) is 5.75 Å². The number of fused-ring (bicyclic) bond motifs is 1. The molecule has 31 heavy (non-hydrogen) atoms. The Hall–Kier alpha value is -3.18. The normalized spacial score (nSPS) is 11.1. The van der Waals surface area contributed by atoms with Gasteiger partial charge in [-0.3, -0.25) is 9.69 Å². The van der Waals surface area contributed by atoms with Crippen LogP contribution in [-0.2, 0) is 6.54 Å². The van der Waals surface area contributed by atoms with Gasteiger partial charge in [0.05, 0.1) is 22.9 Å². The number of anilines is 1. The number of rotatable bonds is 6. The molecule has 0 unspecified atom stereocenters. The number of aromatic nitrogens is 1. The van der Waals surface area contributed by atoms with Gasteiger partial charge in [-0.2, -0.15) is 0 Å². The van der Waals surface area contributed by atoms with Crippen molar-refractivity contribution in [1.29, 1.82) is 0 Å². The summed E-state index contributed by atoms with van der Waals surface area (Å²) in [5, 5.41) is 0.708. The number of hydrogen-bond acceptors (Lipinski definition) is 4. The molecular formula is C26H26N2O2S. The maximum absolute atomic E-state index is 13.6. The van der Waals surface area contributed by atoms with Crippen LogP contribution in [0.25, 0.3) is 10.2 Å². The van der Waals surface area contributed by atoms with Crippen LogP contribution >= 0.6 is 11.3 Å². The number of hydrogen-bond donors (Lipinski definition) is 0. The average Bonchev–Trinajstić information content (AvgIpc) is 3.16. The highest BCUT2D eigenvalue weighted by atomic mass is 32.1. The summed E-state index contributed by atoms with van der Waals surface area (Å²) < 4.78 is 6.82. The van der Waals surface area contributed by atoms with E-state index in [0.29, 0.717) is 17.2 Å². The molecule has 0 N–H and O–H groups in total. The first kappa shape index (κ1) is 21.1. The van der Waals surface area contributed by atoms with Crippen LogP contribution in [-0.4, -0.2) is 17.0 Å². The van der Waals surface area contributed by atoms with E-state index in [4.69, 9.17) is 9.72 Å². The number of aryl methyl sites for hydroxylation is 2. The van der Waals surface area contributed by atoms with Crippen molar-refractivity contribution >= 4 is 32.6 Å². The molecule has 1 amide bonds. The summed E-state index contributed by atoms with van der Waals surface area (Å²) in [6.07, 6.45) is 0.0885. The van der Waals surface area contributed by atoms with Crippen molar-refractivity contribution in [3.63, 3.8) is 0 Å². The number of nitrogens with zero attached hydrogens (tertiary/aromatic N) is 2. The number of carbonyl (C=O) groups is 1. The summed E-state index contributed by atoms with van der Waals surface area (Å²) in [7, 11) is 0. The minimum Gasteiger partial charge on any atom is -0.491 e. The second kappa shape index (κ2) is 8.90. The van der Waals surface area contributed by atoms with Crippen LogP contribution in [0.3, 0.4) is 0 Å². The summed E-state index contributed by atoms with van der Waals surface area (Å²) in [6.45, 7) is 8.58. The van der Waals surface area contributed by atoms with E-state index in [1.807, 2.05) is 68.4 Å². The van der Waals surface area contributed by atoms with E-state index in [1.165, 1.54) is 5.56 Å². The number of amides is 1. The van der Waals surface area contributed by atoms with Crippen molar-refractivity contribution in [2.75, 3.05) is 4.90 Å². The Kier molecular flexibility index (Phi) is 6.05. The zero-order valence-corrected chi connectivity index (χ0v) is 19.1. The lowest BCUT2D eigenvalue weighted by Crippen LogP contribution is -2.30. The van der Waals surface area contributed by atoms with Gasteiger partial charge in [0, 0.05) is 5.56 Å². The summed E-state index contributed by atoms with van der Waals surface area (Å²) in [4.78, 5) is 20.2. The Balaban J connectivity index is 1.72. The highest BCUT2D eigenvalue weighted by Crippen LogP contribution is 2.33. The van der Waals surface area contributed by atoms with Crippen LogP contribution < -0.4 is 9.64 Å². The Labute approximate surface area is 187 Å². The molecule has 0 radical (unpaired) electrons. The van der Waals surface area contributed by atoms with Crippen molar-refractivity contribution < 1.29 is 9.53 Å². The monoisotopic (exact) mass is 430 g/mol. The SMILES string of the molecule is Cc1cc(C)c2nc(N(Cc3ccccc3)C(=O)c3ccc(OC(C)C)cc3)sc2c1. The van der Waals surface area contributed by atoms with Crippen LogP contribution in [0, 0.1) is 13.8 Å². The van der Waals surface area contributed by atoms with Crippen LogP contribution in [0.4, 0.5) is 5.13 Å². The molecule has 0 atom stereocenters. The van der Waals surface area contributed by atoms with Gasteiger partial charge in [-0.25, -0.2) is 4.98 Å². The van der Waals surface area contributed by atoms with Gasteiger partial charge in [-0.05, 0) is 74.7 Å². The molecule has 0 bridgehead atoms. The molecule has 0 fully saturated rings. The molecule has 158 valence electrons. The van der Waals surface area contributed by atoms with E-state index < -0.39 is 0 Å². The van der Waals surface area contributed by atoms with Crippen LogP contribution in [0.15, 0.2) is 66.7 Å². The standard InChI is InChI=1S/C26H26N2O2S/c1-17(2)30-22-12-10-21(11-13-22)25(29)28(16-20-8-6-5-7-9-20)26-27-24-19(4)14-18(3)15-23(24)31-26/h5-15,17H,16H2,1-4H3. The third kappa shape index (κ3) is 4.78. The largest absolute Gasteiger partial charge is 0.491 e. The Morgan fingerprint density at radius 3 is 2.42 bits per heavy atom. The molecule has 4 nitrogen and oxygen atoms in total. The molecule has 0 spiro atoms. The molecule has 1 heterocycles. The first-order valence-electron chi connectivity index (χ1n) is 10.4. The minimum absolute atomic E-state index is 0.0756. The highest BCUT2D eigenvalue weighted by molar-refractivity contribution is 7.22. The predicted molar refractivity (Wildman–Crippen MR) is 128 cm³/mol. The molecule has 3 aromatic carbocycles. The average molecular weight is 431 g/mol. The van der Waals surface area contributed by atoms with Crippen molar-refractivity contribution in [2.24, 2.45) is 0 Å². The van der Waals surface area contributed by atoms with Gasteiger partial charge in [-0.15, -0.1) is 0 Å². The second-order valence-corrected chi connectivity index (χ2v) is 9.00. The zero-order valence-electron chi connectivity index (χ0n) is 18.3. The third-order valence-electron chi connectivity index (χ3n) is 4.95. The minimum atomic E-state index is -0.0756. The predicted octanol–water partition coefficient (Wildman–Crippen LogP) is 6.55. The number of benzene rings is 3. The third-order valence-corrected chi connectivity index (χ3v) is 5.98. The van der Waals surface area contributed by atoms with Gasteiger partial charge < -0.3 is 4.74 Å². The van der Waals surface area contributed by atoms with E-state index >= 15 is 0 Å². The fourth-order valence-corrected chi connectivity index (χ4v) is 4.71.